The van der Waals surface area contributed by atoms with Crippen molar-refractivity contribution in [1.82, 2.24) is 4.98 Å². The molecule has 0 spiro atoms. The quantitative estimate of drug-likeness (QED) is 0.809. The number of hydrogen-bond acceptors (Lipinski definition) is 4. The lowest BCUT2D eigenvalue weighted by Crippen LogP contribution is -2.02. The van der Waals surface area contributed by atoms with Crippen molar-refractivity contribution in [2.45, 2.75) is 5.75 Å². The van der Waals surface area contributed by atoms with Gasteiger partial charge < -0.3 is 4.55 Å². The normalized spacial score (nSPS) is 11.5. The van der Waals surface area contributed by atoms with E-state index in [1.54, 1.807) is 0 Å². The molecule has 0 aliphatic carbocycles. The zero-order valence-electron chi connectivity index (χ0n) is 9.51. The van der Waals surface area contributed by atoms with Crippen LogP contribution in [0.1, 0.15) is 5.56 Å². The molecule has 0 aliphatic heterocycles. The SMILES string of the molecule is O=S(=O)([O-])Cc1ccnc(-c2ccc(F)cc2F)c1. The van der Waals surface area contributed by atoms with Gasteiger partial charge in [-0.15, -0.1) is 0 Å². The predicted molar refractivity (Wildman–Crippen MR) is 63.0 cm³/mol. The van der Waals surface area contributed by atoms with E-state index in [-0.39, 0.29) is 16.8 Å². The van der Waals surface area contributed by atoms with Gasteiger partial charge in [0.25, 0.3) is 0 Å². The summed E-state index contributed by atoms with van der Waals surface area (Å²) in [6, 6.07) is 5.60. The molecule has 1 heterocycles. The van der Waals surface area contributed by atoms with Crippen molar-refractivity contribution in [2.24, 2.45) is 0 Å². The number of hydrogen-bond donors (Lipinski definition) is 0. The number of aromatic nitrogens is 1. The zero-order valence-corrected chi connectivity index (χ0v) is 10.3. The Bertz CT molecular complexity index is 717. The van der Waals surface area contributed by atoms with Gasteiger partial charge in [-0.05, 0) is 29.8 Å². The molecule has 0 saturated carbocycles. The summed E-state index contributed by atoms with van der Waals surface area (Å²) in [7, 11) is -4.42. The fraction of sp³-hybridized carbons (Fsp3) is 0.0833. The van der Waals surface area contributed by atoms with E-state index in [1.165, 1.54) is 24.4 Å². The zero-order chi connectivity index (χ0) is 14.0. The fourth-order valence-corrected chi connectivity index (χ4v) is 2.20. The third-order valence-electron chi connectivity index (χ3n) is 2.37. The third kappa shape index (κ3) is 3.55. The number of nitrogens with zero attached hydrogens (tertiary/aromatic N) is 1. The molecule has 19 heavy (non-hydrogen) atoms. The molecule has 0 aliphatic rings. The van der Waals surface area contributed by atoms with Gasteiger partial charge in [0.2, 0.25) is 0 Å². The second kappa shape index (κ2) is 5.02. The molecule has 2 rings (SSSR count). The van der Waals surface area contributed by atoms with Gasteiger partial charge in [-0.2, -0.15) is 0 Å². The lowest BCUT2D eigenvalue weighted by Gasteiger charge is -2.08. The van der Waals surface area contributed by atoms with Crippen LogP contribution in [0.4, 0.5) is 8.78 Å². The molecule has 0 unspecified atom stereocenters. The van der Waals surface area contributed by atoms with E-state index in [2.05, 4.69) is 4.98 Å². The van der Waals surface area contributed by atoms with Gasteiger partial charge in [-0.1, -0.05) is 0 Å². The summed E-state index contributed by atoms with van der Waals surface area (Å²) < 4.78 is 58.3. The number of rotatable bonds is 3. The predicted octanol–water partition coefficient (Wildman–Crippen LogP) is 2.07. The van der Waals surface area contributed by atoms with Crippen molar-refractivity contribution in [2.75, 3.05) is 0 Å². The van der Waals surface area contributed by atoms with Gasteiger partial charge in [0.15, 0.2) is 0 Å². The molecule has 4 nitrogen and oxygen atoms in total. The van der Waals surface area contributed by atoms with Gasteiger partial charge in [0.05, 0.1) is 21.6 Å². The van der Waals surface area contributed by atoms with Crippen LogP contribution in [-0.2, 0) is 15.9 Å². The summed E-state index contributed by atoms with van der Waals surface area (Å²) in [5.41, 5.74) is 0.369. The molecule has 0 atom stereocenters. The number of halogens is 2. The molecule has 7 heteroatoms. The van der Waals surface area contributed by atoms with E-state index >= 15 is 0 Å². The van der Waals surface area contributed by atoms with Crippen molar-refractivity contribution >= 4 is 10.1 Å². The molecular formula is C12H8F2NO3S-. The molecular weight excluding hydrogens is 276 g/mol. The molecule has 1 aromatic carbocycles. The van der Waals surface area contributed by atoms with Gasteiger partial charge in [-0.3, -0.25) is 4.98 Å². The average molecular weight is 284 g/mol. The Morgan fingerprint density at radius 2 is 1.89 bits per heavy atom. The highest BCUT2D eigenvalue weighted by atomic mass is 32.2. The van der Waals surface area contributed by atoms with Gasteiger partial charge in [0.1, 0.15) is 11.6 Å². The highest BCUT2D eigenvalue weighted by Crippen LogP contribution is 2.22. The molecule has 0 amide bonds. The highest BCUT2D eigenvalue weighted by Gasteiger charge is 2.09. The Balaban J connectivity index is 2.43. The molecule has 0 bridgehead atoms. The molecule has 0 N–H and O–H groups in total. The minimum absolute atomic E-state index is 0.0338. The molecule has 100 valence electrons. The Morgan fingerprint density at radius 1 is 1.16 bits per heavy atom. The first kappa shape index (κ1) is 13.6. The minimum Gasteiger partial charge on any atom is -0.748 e. The summed E-state index contributed by atoms with van der Waals surface area (Å²) in [6.07, 6.45) is 1.26. The maximum Gasteiger partial charge on any atom is 0.135 e. The van der Waals surface area contributed by atoms with Gasteiger partial charge in [-0.25, -0.2) is 17.2 Å². The summed E-state index contributed by atoms with van der Waals surface area (Å²) in [4.78, 5) is 3.87. The first-order chi connectivity index (χ1) is 8.85. The van der Waals surface area contributed by atoms with Crippen LogP contribution < -0.4 is 0 Å². The summed E-state index contributed by atoms with van der Waals surface area (Å²) in [5.74, 6) is -2.24. The van der Waals surface area contributed by atoms with E-state index in [4.69, 9.17) is 0 Å². The lowest BCUT2D eigenvalue weighted by atomic mass is 10.1. The fourth-order valence-electron chi connectivity index (χ4n) is 1.61. The van der Waals surface area contributed by atoms with Crippen LogP contribution in [-0.4, -0.2) is 18.0 Å². The van der Waals surface area contributed by atoms with Crippen molar-refractivity contribution in [3.8, 4) is 11.3 Å². The average Bonchev–Trinajstić information content (AvgIpc) is 2.26. The molecule has 0 saturated heterocycles. The topological polar surface area (TPSA) is 70.1 Å². The second-order valence-corrected chi connectivity index (χ2v) is 5.28. The monoisotopic (exact) mass is 284 g/mol. The van der Waals surface area contributed by atoms with Crippen molar-refractivity contribution in [1.29, 1.82) is 0 Å². The van der Waals surface area contributed by atoms with Crippen LogP contribution in [0, 0.1) is 11.6 Å². The summed E-state index contributed by atoms with van der Waals surface area (Å²) in [5, 5.41) is 0. The van der Waals surface area contributed by atoms with E-state index in [0.29, 0.717) is 6.07 Å². The summed E-state index contributed by atoms with van der Waals surface area (Å²) >= 11 is 0. The van der Waals surface area contributed by atoms with E-state index < -0.39 is 27.5 Å². The van der Waals surface area contributed by atoms with Crippen LogP contribution in [0.2, 0.25) is 0 Å². The molecule has 2 aromatic rings. The third-order valence-corrected chi connectivity index (χ3v) is 3.06. The van der Waals surface area contributed by atoms with Gasteiger partial charge >= 0.3 is 0 Å². The molecule has 1 aromatic heterocycles. The Morgan fingerprint density at radius 3 is 2.53 bits per heavy atom. The van der Waals surface area contributed by atoms with Gasteiger partial charge in [0, 0.05) is 17.8 Å². The Hall–Kier alpha value is -1.86. The Labute approximate surface area is 108 Å². The second-order valence-electron chi connectivity index (χ2n) is 3.88. The maximum absolute atomic E-state index is 13.5. The van der Waals surface area contributed by atoms with Crippen molar-refractivity contribution < 1.29 is 21.8 Å². The first-order valence-electron chi connectivity index (χ1n) is 5.19. The first-order valence-corrected chi connectivity index (χ1v) is 6.77. The minimum atomic E-state index is -4.42. The maximum atomic E-state index is 13.5. The number of pyridine rings is 1. The van der Waals surface area contributed by atoms with E-state index in [9.17, 15) is 21.8 Å². The standard InChI is InChI=1S/C12H9F2NO3S/c13-9-1-2-10(11(14)6-9)12-5-8(3-4-15-12)7-19(16,17)18/h1-6H,7H2,(H,16,17,18)/p-1. The smallest absolute Gasteiger partial charge is 0.135 e. The van der Waals surface area contributed by atoms with Crippen molar-refractivity contribution in [3.05, 3.63) is 53.7 Å². The van der Waals surface area contributed by atoms with Crippen LogP contribution in [0.25, 0.3) is 11.3 Å². The lowest BCUT2D eigenvalue weighted by molar-refractivity contribution is 0.462. The Kier molecular flexibility index (Phi) is 3.59. The van der Waals surface area contributed by atoms with Crippen LogP contribution in [0.3, 0.4) is 0 Å². The van der Waals surface area contributed by atoms with Crippen molar-refractivity contribution in [3.63, 3.8) is 0 Å². The van der Waals surface area contributed by atoms with E-state index in [0.717, 1.165) is 6.07 Å². The molecule has 0 radical (unpaired) electrons. The van der Waals surface area contributed by atoms with Crippen LogP contribution in [0.15, 0.2) is 36.5 Å². The highest BCUT2D eigenvalue weighted by molar-refractivity contribution is 7.84. The van der Waals surface area contributed by atoms with E-state index in [1.807, 2.05) is 0 Å². The largest absolute Gasteiger partial charge is 0.748 e. The summed E-state index contributed by atoms with van der Waals surface area (Å²) in [6.45, 7) is 0. The van der Waals surface area contributed by atoms with Crippen LogP contribution in [0.5, 0.6) is 0 Å². The number of benzene rings is 1. The molecule has 0 fully saturated rings. The van der Waals surface area contributed by atoms with Crippen LogP contribution >= 0.6 is 0 Å².